The maximum Gasteiger partial charge on any atom is 0.128 e. The average molecular weight is 239 g/mol. The van der Waals surface area contributed by atoms with Gasteiger partial charge < -0.3 is 5.32 Å². The van der Waals surface area contributed by atoms with Gasteiger partial charge in [0.05, 0.1) is 5.69 Å². The van der Waals surface area contributed by atoms with Crippen molar-refractivity contribution in [2.24, 2.45) is 0 Å². The molecule has 2 heterocycles. The summed E-state index contributed by atoms with van der Waals surface area (Å²) in [6.07, 6.45) is 2.99. The summed E-state index contributed by atoms with van der Waals surface area (Å²) in [4.78, 5) is 0. The molecule has 0 saturated carbocycles. The summed E-state index contributed by atoms with van der Waals surface area (Å²) in [6.45, 7) is 6.38. The molecule has 0 aliphatic carbocycles. The Morgan fingerprint density at radius 3 is 2.94 bits per heavy atom. The second-order valence-corrected chi connectivity index (χ2v) is 4.90. The molecule has 17 heavy (non-hydrogen) atoms. The van der Waals surface area contributed by atoms with Crippen molar-refractivity contribution in [3.8, 4) is 0 Å². The first-order chi connectivity index (χ1) is 8.17. The topological polar surface area (TPSA) is 29.9 Å². The van der Waals surface area contributed by atoms with Gasteiger partial charge in [-0.05, 0) is 38.8 Å². The minimum absolute atomic E-state index is 0.476. The second-order valence-electron chi connectivity index (χ2n) is 4.90. The fourth-order valence-corrected chi connectivity index (χ4v) is 2.51. The summed E-state index contributed by atoms with van der Waals surface area (Å²) < 4.78 is 16.5. The van der Waals surface area contributed by atoms with E-state index in [4.69, 9.17) is 0 Å². The van der Waals surface area contributed by atoms with E-state index >= 15 is 0 Å². The molecule has 1 saturated heterocycles. The van der Waals surface area contributed by atoms with Crippen LogP contribution in [0.1, 0.15) is 38.1 Å². The van der Waals surface area contributed by atoms with Crippen molar-refractivity contribution < 1.29 is 4.39 Å². The van der Waals surface area contributed by atoms with Gasteiger partial charge in [0.1, 0.15) is 5.67 Å². The van der Waals surface area contributed by atoms with Crippen LogP contribution >= 0.6 is 0 Å². The van der Waals surface area contributed by atoms with E-state index in [0.717, 1.165) is 37.3 Å². The van der Waals surface area contributed by atoms with E-state index in [1.54, 1.807) is 0 Å². The van der Waals surface area contributed by atoms with Gasteiger partial charge in [0.2, 0.25) is 0 Å². The number of halogens is 1. The fraction of sp³-hybridized carbons (Fsp3) is 0.769. The minimum Gasteiger partial charge on any atom is -0.314 e. The number of hydrogen-bond donors (Lipinski definition) is 1. The van der Waals surface area contributed by atoms with Gasteiger partial charge in [0.25, 0.3) is 0 Å². The molecule has 0 radical (unpaired) electrons. The van der Waals surface area contributed by atoms with Crippen molar-refractivity contribution in [2.45, 2.75) is 51.7 Å². The Morgan fingerprint density at radius 2 is 2.35 bits per heavy atom. The molecule has 1 fully saturated rings. The van der Waals surface area contributed by atoms with Gasteiger partial charge in [0, 0.05) is 25.2 Å². The number of piperidine rings is 1. The maximum absolute atomic E-state index is 14.6. The highest BCUT2D eigenvalue weighted by atomic mass is 19.1. The van der Waals surface area contributed by atoms with Gasteiger partial charge in [0.15, 0.2) is 0 Å². The number of aromatic nitrogens is 2. The molecular weight excluding hydrogens is 217 g/mol. The monoisotopic (exact) mass is 239 g/mol. The SMILES string of the molecule is CCc1cc(CC2(F)CCCNC2)n(CC)n1. The van der Waals surface area contributed by atoms with Crippen LogP contribution in [0.3, 0.4) is 0 Å². The van der Waals surface area contributed by atoms with Crippen LogP contribution in [-0.4, -0.2) is 28.5 Å². The summed E-state index contributed by atoms with van der Waals surface area (Å²) in [5.41, 5.74) is 1.01. The third-order valence-corrected chi connectivity index (χ3v) is 3.49. The van der Waals surface area contributed by atoms with E-state index in [9.17, 15) is 4.39 Å². The molecule has 1 aromatic rings. The number of nitrogens with one attached hydrogen (secondary N) is 1. The molecule has 0 bridgehead atoms. The van der Waals surface area contributed by atoms with Gasteiger partial charge in [-0.3, -0.25) is 4.68 Å². The van der Waals surface area contributed by atoms with Crippen molar-refractivity contribution in [2.75, 3.05) is 13.1 Å². The first-order valence-corrected chi connectivity index (χ1v) is 6.62. The van der Waals surface area contributed by atoms with E-state index in [0.29, 0.717) is 19.4 Å². The van der Waals surface area contributed by atoms with Crippen molar-refractivity contribution in [1.29, 1.82) is 0 Å². The van der Waals surface area contributed by atoms with E-state index in [-0.39, 0.29) is 0 Å². The van der Waals surface area contributed by atoms with E-state index in [1.165, 1.54) is 0 Å². The van der Waals surface area contributed by atoms with Gasteiger partial charge in [-0.2, -0.15) is 5.10 Å². The fourth-order valence-electron chi connectivity index (χ4n) is 2.51. The Balaban J connectivity index is 2.13. The van der Waals surface area contributed by atoms with Crippen molar-refractivity contribution >= 4 is 0 Å². The molecule has 0 amide bonds. The highest BCUT2D eigenvalue weighted by Crippen LogP contribution is 2.26. The molecule has 1 aromatic heterocycles. The molecule has 1 N–H and O–H groups in total. The third kappa shape index (κ3) is 2.86. The molecule has 2 rings (SSSR count). The lowest BCUT2D eigenvalue weighted by atomic mass is 9.91. The standard InChI is InChI=1S/C13H22FN3/c1-3-11-8-12(17(4-2)16-11)9-13(14)6-5-7-15-10-13/h8,15H,3-7,9-10H2,1-2H3. The van der Waals surface area contributed by atoms with Gasteiger partial charge >= 0.3 is 0 Å². The summed E-state index contributed by atoms with van der Waals surface area (Å²) in [5, 5.41) is 7.62. The largest absolute Gasteiger partial charge is 0.314 e. The summed E-state index contributed by atoms with van der Waals surface area (Å²) in [6, 6.07) is 2.05. The zero-order chi connectivity index (χ0) is 12.3. The Bertz CT molecular complexity index is 367. The van der Waals surface area contributed by atoms with Crippen LogP contribution in [0.15, 0.2) is 6.07 Å². The molecule has 0 aromatic carbocycles. The second kappa shape index (κ2) is 5.17. The lowest BCUT2D eigenvalue weighted by Crippen LogP contribution is -2.44. The van der Waals surface area contributed by atoms with E-state index in [1.807, 2.05) is 4.68 Å². The summed E-state index contributed by atoms with van der Waals surface area (Å²) in [5.74, 6) is 0. The highest BCUT2D eigenvalue weighted by molar-refractivity contribution is 5.14. The predicted molar refractivity (Wildman–Crippen MR) is 66.9 cm³/mol. The maximum atomic E-state index is 14.6. The first-order valence-electron chi connectivity index (χ1n) is 6.62. The normalized spacial score (nSPS) is 25.1. The zero-order valence-electron chi connectivity index (χ0n) is 10.8. The van der Waals surface area contributed by atoms with E-state index in [2.05, 4.69) is 30.3 Å². The molecular formula is C13H22FN3. The quantitative estimate of drug-likeness (QED) is 0.872. The Hall–Kier alpha value is -0.900. The summed E-state index contributed by atoms with van der Waals surface area (Å²) >= 11 is 0. The van der Waals surface area contributed by atoms with E-state index < -0.39 is 5.67 Å². The minimum atomic E-state index is -1.09. The van der Waals surface area contributed by atoms with Gasteiger partial charge in [-0.25, -0.2) is 4.39 Å². The number of alkyl halides is 1. The molecule has 1 atom stereocenters. The number of hydrogen-bond acceptors (Lipinski definition) is 2. The zero-order valence-corrected chi connectivity index (χ0v) is 10.8. The molecule has 1 unspecified atom stereocenters. The molecule has 1 aliphatic rings. The highest BCUT2D eigenvalue weighted by Gasteiger charge is 2.33. The van der Waals surface area contributed by atoms with Crippen molar-refractivity contribution in [3.05, 3.63) is 17.5 Å². The Morgan fingerprint density at radius 1 is 1.53 bits per heavy atom. The smallest absolute Gasteiger partial charge is 0.128 e. The lowest BCUT2D eigenvalue weighted by molar-refractivity contribution is 0.120. The van der Waals surface area contributed by atoms with Crippen LogP contribution in [0.5, 0.6) is 0 Å². The summed E-state index contributed by atoms with van der Waals surface area (Å²) in [7, 11) is 0. The Kier molecular flexibility index (Phi) is 3.82. The van der Waals surface area contributed by atoms with Crippen LogP contribution in [0.2, 0.25) is 0 Å². The van der Waals surface area contributed by atoms with Crippen LogP contribution < -0.4 is 5.32 Å². The Labute approximate surface area is 102 Å². The number of nitrogens with zero attached hydrogens (tertiary/aromatic N) is 2. The molecule has 0 spiro atoms. The molecule has 96 valence electrons. The van der Waals surface area contributed by atoms with Crippen LogP contribution in [-0.2, 0) is 19.4 Å². The van der Waals surface area contributed by atoms with Crippen LogP contribution in [0, 0.1) is 0 Å². The van der Waals surface area contributed by atoms with Crippen molar-refractivity contribution in [1.82, 2.24) is 15.1 Å². The molecule has 3 nitrogen and oxygen atoms in total. The third-order valence-electron chi connectivity index (χ3n) is 3.49. The average Bonchev–Trinajstić information content (AvgIpc) is 2.71. The number of rotatable bonds is 4. The van der Waals surface area contributed by atoms with Crippen molar-refractivity contribution in [3.63, 3.8) is 0 Å². The number of aryl methyl sites for hydroxylation is 2. The lowest BCUT2D eigenvalue weighted by Gasteiger charge is -2.30. The molecule has 1 aliphatic heterocycles. The van der Waals surface area contributed by atoms with Crippen LogP contribution in [0.25, 0.3) is 0 Å². The predicted octanol–water partition coefficient (Wildman–Crippen LogP) is 2.10. The first kappa shape index (κ1) is 12.6. The van der Waals surface area contributed by atoms with Gasteiger partial charge in [-0.15, -0.1) is 0 Å². The molecule has 4 heteroatoms. The van der Waals surface area contributed by atoms with Crippen LogP contribution in [0.4, 0.5) is 4.39 Å². The van der Waals surface area contributed by atoms with Gasteiger partial charge in [-0.1, -0.05) is 6.92 Å².